The van der Waals surface area contributed by atoms with Crippen LogP contribution in [0.15, 0.2) is 176 Å². The van der Waals surface area contributed by atoms with Gasteiger partial charge in [0.15, 0.2) is 0 Å². The van der Waals surface area contributed by atoms with E-state index in [2.05, 4.69) is 76.5 Å². The van der Waals surface area contributed by atoms with Crippen molar-refractivity contribution in [2.24, 2.45) is 0 Å². The first-order chi connectivity index (χ1) is 28.8. The van der Waals surface area contributed by atoms with Crippen LogP contribution in [0.5, 0.6) is 34.5 Å². The lowest BCUT2D eigenvalue weighted by Crippen LogP contribution is -2.59. The van der Waals surface area contributed by atoms with Gasteiger partial charge in [0.1, 0.15) is 34.5 Å². The minimum atomic E-state index is -4.61. The molecule has 0 saturated carbocycles. The van der Waals surface area contributed by atoms with Crippen molar-refractivity contribution < 1.29 is 27.4 Å². The molecular weight excluding hydrogens is 744 g/mol. The van der Waals surface area contributed by atoms with E-state index in [1.807, 2.05) is 104 Å². The Labute approximate surface area is 339 Å². The normalized spacial score (nSPS) is 12.8. The number of halogens is 3. The van der Waals surface area contributed by atoms with Crippen molar-refractivity contribution in [3.8, 4) is 45.6 Å². The molecule has 9 heteroatoms. The molecule has 284 valence electrons. The number of nitrogens with zero attached hydrogens (tertiary/aromatic N) is 2. The summed E-state index contributed by atoms with van der Waals surface area (Å²) in [7, 11) is 0. The van der Waals surface area contributed by atoms with E-state index in [1.165, 1.54) is 0 Å². The molecule has 0 atom stereocenters. The molecule has 0 spiro atoms. The van der Waals surface area contributed by atoms with Crippen LogP contribution in [0.3, 0.4) is 0 Å². The highest BCUT2D eigenvalue weighted by Gasteiger charge is 2.48. The third-order valence-corrected chi connectivity index (χ3v) is 11.1. The fourth-order valence-electron chi connectivity index (χ4n) is 8.64. The van der Waals surface area contributed by atoms with Gasteiger partial charge in [0.05, 0.1) is 5.56 Å². The van der Waals surface area contributed by atoms with Crippen LogP contribution in [-0.4, -0.2) is 6.71 Å². The molecule has 0 N–H and O–H groups in total. The van der Waals surface area contributed by atoms with E-state index in [1.54, 1.807) is 0 Å². The van der Waals surface area contributed by atoms with Crippen molar-refractivity contribution >= 4 is 57.2 Å². The summed E-state index contributed by atoms with van der Waals surface area (Å²) in [5.41, 5.74) is 9.38. The lowest BCUT2D eigenvalue weighted by molar-refractivity contribution is -0.137. The van der Waals surface area contributed by atoms with Gasteiger partial charge in [-0.05, 0) is 127 Å². The average molecular weight is 777 g/mol. The second-order valence-electron chi connectivity index (χ2n) is 14.9. The molecule has 0 unspecified atom stereocenters. The molecule has 8 aromatic carbocycles. The smallest absolute Gasteiger partial charge is 0.416 e. The molecule has 0 saturated heterocycles. The van der Waals surface area contributed by atoms with Gasteiger partial charge >= 0.3 is 6.18 Å². The van der Waals surface area contributed by atoms with Gasteiger partial charge < -0.3 is 24.0 Å². The zero-order valence-corrected chi connectivity index (χ0v) is 31.6. The van der Waals surface area contributed by atoms with Crippen LogP contribution in [0.4, 0.5) is 47.3 Å². The zero-order chi connectivity index (χ0) is 39.8. The number of hydrogen-bond donors (Lipinski definition) is 0. The number of anilines is 6. The Kier molecular flexibility index (Phi) is 7.88. The van der Waals surface area contributed by atoms with E-state index in [-0.39, 0.29) is 11.5 Å². The van der Waals surface area contributed by atoms with Crippen molar-refractivity contribution in [1.29, 1.82) is 0 Å². The predicted octanol–water partition coefficient (Wildman–Crippen LogP) is 12.5. The van der Waals surface area contributed by atoms with E-state index in [0.29, 0.717) is 28.5 Å². The Balaban J connectivity index is 1.16. The summed E-state index contributed by atoms with van der Waals surface area (Å²) in [6.45, 7) is 1.48. The third-order valence-electron chi connectivity index (χ3n) is 11.1. The van der Waals surface area contributed by atoms with Crippen molar-refractivity contribution in [1.82, 2.24) is 0 Å². The Morgan fingerprint density at radius 1 is 0.390 bits per heavy atom. The average Bonchev–Trinajstić information content (AvgIpc) is 3.24. The van der Waals surface area contributed by atoms with Crippen LogP contribution in [0.1, 0.15) is 11.1 Å². The standard InChI is InChI=1S/C50H32BF3N2O3/c1-31-22-41-47-42(23-31)58-45-28-34(50(52,53)54)29-46-49(45)51(47)48-43(57-41)26-33(27-44(48)59-46)32-24-39(55(35-14-6-2-7-15-35)36-16-8-3-9-17-36)30-40(25-32)56(37-18-10-4-11-19-37)38-20-12-5-13-21-38/h2-30H,1H3. The molecule has 0 amide bonds. The van der Waals surface area contributed by atoms with E-state index in [9.17, 15) is 13.2 Å². The van der Waals surface area contributed by atoms with Gasteiger partial charge in [-0.15, -0.1) is 0 Å². The number of aryl methyl sites for hydroxylation is 1. The number of rotatable bonds is 7. The molecule has 3 heterocycles. The maximum atomic E-state index is 14.4. The lowest BCUT2D eigenvalue weighted by atomic mass is 9.33. The number of benzene rings is 8. The number of para-hydroxylation sites is 4. The first kappa shape index (κ1) is 34.8. The molecule has 59 heavy (non-hydrogen) atoms. The summed E-state index contributed by atoms with van der Waals surface area (Å²) in [4.78, 5) is 4.44. The van der Waals surface area contributed by atoms with Gasteiger partial charge in [0.25, 0.3) is 6.71 Å². The topological polar surface area (TPSA) is 34.2 Å². The summed E-state index contributed by atoms with van der Waals surface area (Å²) in [6, 6.07) is 57.2. The highest BCUT2D eigenvalue weighted by Crippen LogP contribution is 2.48. The van der Waals surface area contributed by atoms with Gasteiger partial charge in [-0.2, -0.15) is 13.2 Å². The SMILES string of the molecule is Cc1cc2c3c(c1)Oc1cc(C(F)(F)F)cc4c1B3c1c(cc(-c3cc(N(c5ccccc5)c5ccccc5)cc(N(c5ccccc5)c5ccccc5)c3)cc1O4)O2. The Morgan fingerprint density at radius 3 is 1.07 bits per heavy atom. The molecule has 0 radical (unpaired) electrons. The zero-order valence-electron chi connectivity index (χ0n) is 31.6. The maximum absolute atomic E-state index is 14.4. The Bertz CT molecular complexity index is 2750. The van der Waals surface area contributed by atoms with Crippen LogP contribution >= 0.6 is 0 Å². The highest BCUT2D eigenvalue weighted by molar-refractivity contribution is 6.99. The minimum absolute atomic E-state index is 0.114. The van der Waals surface area contributed by atoms with Crippen LogP contribution in [-0.2, 0) is 6.18 Å². The van der Waals surface area contributed by atoms with E-state index >= 15 is 0 Å². The van der Waals surface area contributed by atoms with Crippen molar-refractivity contribution in [3.05, 3.63) is 187 Å². The highest BCUT2D eigenvalue weighted by atomic mass is 19.4. The molecule has 0 aromatic heterocycles. The molecular formula is C50H32BF3N2O3. The second-order valence-corrected chi connectivity index (χ2v) is 14.9. The van der Waals surface area contributed by atoms with Crippen molar-refractivity contribution in [2.45, 2.75) is 13.1 Å². The molecule has 8 aromatic rings. The summed E-state index contributed by atoms with van der Waals surface area (Å²) in [6.07, 6.45) is -4.61. The summed E-state index contributed by atoms with van der Waals surface area (Å²) in [5, 5.41) is 0. The largest absolute Gasteiger partial charge is 0.458 e. The minimum Gasteiger partial charge on any atom is -0.458 e. The fourth-order valence-corrected chi connectivity index (χ4v) is 8.64. The van der Waals surface area contributed by atoms with Gasteiger partial charge in [-0.1, -0.05) is 72.8 Å². The summed E-state index contributed by atoms with van der Waals surface area (Å²) in [5.74, 6) is 2.33. The van der Waals surface area contributed by atoms with Crippen LogP contribution in [0.2, 0.25) is 0 Å². The van der Waals surface area contributed by atoms with Gasteiger partial charge in [-0.3, -0.25) is 0 Å². The van der Waals surface area contributed by atoms with Crippen molar-refractivity contribution in [2.75, 3.05) is 9.80 Å². The second kappa shape index (κ2) is 13.3. The van der Waals surface area contributed by atoms with Gasteiger partial charge in [0, 0.05) is 50.5 Å². The molecule has 3 aliphatic heterocycles. The lowest BCUT2D eigenvalue weighted by Gasteiger charge is -2.38. The number of alkyl halides is 3. The predicted molar refractivity (Wildman–Crippen MR) is 229 cm³/mol. The van der Waals surface area contributed by atoms with E-state index in [0.717, 1.165) is 73.9 Å². The van der Waals surface area contributed by atoms with Crippen LogP contribution in [0, 0.1) is 6.92 Å². The monoisotopic (exact) mass is 776 g/mol. The van der Waals surface area contributed by atoms with Crippen LogP contribution in [0.25, 0.3) is 11.1 Å². The Hall–Kier alpha value is -7.39. The molecule has 0 aliphatic carbocycles. The maximum Gasteiger partial charge on any atom is 0.416 e. The summed E-state index contributed by atoms with van der Waals surface area (Å²) < 4.78 is 62.6. The molecule has 5 nitrogen and oxygen atoms in total. The van der Waals surface area contributed by atoms with Gasteiger partial charge in [-0.25, -0.2) is 0 Å². The third kappa shape index (κ3) is 5.88. The number of hydrogen-bond acceptors (Lipinski definition) is 5. The molecule has 3 aliphatic rings. The summed E-state index contributed by atoms with van der Waals surface area (Å²) >= 11 is 0. The van der Waals surface area contributed by atoms with Gasteiger partial charge in [0.2, 0.25) is 0 Å². The quantitative estimate of drug-likeness (QED) is 0.151. The van der Waals surface area contributed by atoms with E-state index < -0.39 is 18.5 Å². The Morgan fingerprint density at radius 2 is 0.712 bits per heavy atom. The molecule has 0 fully saturated rings. The van der Waals surface area contributed by atoms with E-state index in [4.69, 9.17) is 14.2 Å². The van der Waals surface area contributed by atoms with Crippen molar-refractivity contribution in [3.63, 3.8) is 0 Å². The number of ether oxygens (including phenoxy) is 3. The first-order valence-corrected chi connectivity index (χ1v) is 19.3. The first-order valence-electron chi connectivity index (χ1n) is 19.3. The molecule has 11 rings (SSSR count). The molecule has 0 bridgehead atoms. The van der Waals surface area contributed by atoms with Crippen LogP contribution < -0.4 is 40.4 Å². The fraction of sp³-hybridized carbons (Fsp3) is 0.0400.